The van der Waals surface area contributed by atoms with E-state index >= 15 is 0 Å². The second kappa shape index (κ2) is 7.93. The number of likely N-dealkylation sites (tertiary alicyclic amines) is 1. The number of urea groups is 1. The smallest absolute Gasteiger partial charge is 0.317 e. The number of piperidine rings is 1. The number of amides is 2. The average Bonchev–Trinajstić information content (AvgIpc) is 2.52. The number of nitrogens with zero attached hydrogens (tertiary/aromatic N) is 1. The minimum Gasteiger partial charge on any atom is -0.338 e. The minimum absolute atomic E-state index is 0.129. The molecule has 0 aliphatic carbocycles. The van der Waals surface area contributed by atoms with E-state index in [0.29, 0.717) is 6.04 Å². The Morgan fingerprint density at radius 2 is 2.10 bits per heavy atom. The van der Waals surface area contributed by atoms with E-state index in [1.165, 1.54) is 12.0 Å². The van der Waals surface area contributed by atoms with Crippen molar-refractivity contribution >= 4 is 6.03 Å². The van der Waals surface area contributed by atoms with Crippen molar-refractivity contribution in [1.82, 2.24) is 10.2 Å². The Morgan fingerprint density at radius 3 is 2.85 bits per heavy atom. The van der Waals surface area contributed by atoms with E-state index in [4.69, 9.17) is 0 Å². The van der Waals surface area contributed by atoms with Gasteiger partial charge < -0.3 is 10.2 Å². The van der Waals surface area contributed by atoms with Crippen LogP contribution in [0.4, 0.5) is 4.79 Å². The third-order valence-electron chi connectivity index (χ3n) is 4.12. The summed E-state index contributed by atoms with van der Waals surface area (Å²) >= 11 is 0. The fourth-order valence-corrected chi connectivity index (χ4v) is 2.93. The predicted molar refractivity (Wildman–Crippen MR) is 82.8 cm³/mol. The summed E-state index contributed by atoms with van der Waals surface area (Å²) in [5.41, 5.74) is 1.34. The number of aryl methyl sites for hydroxylation is 1. The van der Waals surface area contributed by atoms with E-state index in [1.807, 2.05) is 11.0 Å². The molecule has 0 radical (unpaired) electrons. The van der Waals surface area contributed by atoms with E-state index in [1.54, 1.807) is 0 Å². The zero-order valence-electron chi connectivity index (χ0n) is 12.5. The van der Waals surface area contributed by atoms with E-state index in [-0.39, 0.29) is 6.03 Å². The van der Waals surface area contributed by atoms with Gasteiger partial charge in [0.15, 0.2) is 0 Å². The molecule has 1 aliphatic heterocycles. The normalized spacial score (nSPS) is 18.9. The summed E-state index contributed by atoms with van der Waals surface area (Å²) in [6.07, 6.45) is 6.66. The van der Waals surface area contributed by atoms with Crippen LogP contribution in [0.2, 0.25) is 0 Å². The SMILES string of the molecule is CCC1CCCCN1C(=O)NCCCc1ccccc1. The van der Waals surface area contributed by atoms with E-state index in [0.717, 1.165) is 45.2 Å². The lowest BCUT2D eigenvalue weighted by Gasteiger charge is -2.35. The number of rotatable bonds is 5. The van der Waals surface area contributed by atoms with Crippen molar-refractivity contribution < 1.29 is 4.79 Å². The molecule has 1 fully saturated rings. The van der Waals surface area contributed by atoms with Gasteiger partial charge in [-0.25, -0.2) is 4.79 Å². The number of hydrogen-bond acceptors (Lipinski definition) is 1. The van der Waals surface area contributed by atoms with Gasteiger partial charge in [-0.3, -0.25) is 0 Å². The molecule has 1 saturated heterocycles. The maximum atomic E-state index is 12.2. The first-order valence-electron chi connectivity index (χ1n) is 7.89. The molecule has 1 atom stereocenters. The van der Waals surface area contributed by atoms with Gasteiger partial charge in [-0.2, -0.15) is 0 Å². The lowest BCUT2D eigenvalue weighted by atomic mass is 10.0. The highest BCUT2D eigenvalue weighted by atomic mass is 16.2. The van der Waals surface area contributed by atoms with Crippen molar-refractivity contribution in [2.24, 2.45) is 0 Å². The molecule has 1 heterocycles. The Hall–Kier alpha value is -1.51. The number of nitrogens with one attached hydrogen (secondary N) is 1. The Balaban J connectivity index is 1.69. The molecule has 2 amide bonds. The van der Waals surface area contributed by atoms with Crippen molar-refractivity contribution in [3.8, 4) is 0 Å². The highest BCUT2D eigenvalue weighted by molar-refractivity contribution is 5.74. The van der Waals surface area contributed by atoms with Crippen LogP contribution in [-0.2, 0) is 6.42 Å². The summed E-state index contributed by atoms with van der Waals surface area (Å²) in [6, 6.07) is 11.0. The second-order valence-electron chi connectivity index (χ2n) is 5.57. The lowest BCUT2D eigenvalue weighted by molar-refractivity contribution is 0.149. The third-order valence-corrected chi connectivity index (χ3v) is 4.12. The summed E-state index contributed by atoms with van der Waals surface area (Å²) in [7, 11) is 0. The predicted octanol–water partition coefficient (Wildman–Crippen LogP) is 3.59. The molecule has 1 aromatic rings. The molecule has 110 valence electrons. The molecular formula is C17H26N2O. The van der Waals surface area contributed by atoms with Crippen LogP contribution in [-0.4, -0.2) is 30.1 Å². The van der Waals surface area contributed by atoms with E-state index < -0.39 is 0 Å². The molecule has 0 spiro atoms. The first-order valence-corrected chi connectivity index (χ1v) is 7.89. The fourth-order valence-electron chi connectivity index (χ4n) is 2.93. The summed E-state index contributed by atoms with van der Waals surface area (Å²) in [5, 5.41) is 3.07. The van der Waals surface area contributed by atoms with Gasteiger partial charge in [-0.05, 0) is 44.1 Å². The molecule has 1 aromatic carbocycles. The van der Waals surface area contributed by atoms with Crippen LogP contribution >= 0.6 is 0 Å². The molecule has 0 saturated carbocycles. The standard InChI is InChI=1S/C17H26N2O/c1-2-16-12-6-7-14-19(16)17(20)18-13-8-11-15-9-4-3-5-10-15/h3-5,9-10,16H,2,6-8,11-14H2,1H3,(H,18,20). The van der Waals surface area contributed by atoms with Gasteiger partial charge in [0.05, 0.1) is 0 Å². The topological polar surface area (TPSA) is 32.3 Å². The van der Waals surface area contributed by atoms with Crippen LogP contribution in [0.15, 0.2) is 30.3 Å². The summed E-state index contributed by atoms with van der Waals surface area (Å²) in [6.45, 7) is 3.86. The Morgan fingerprint density at radius 1 is 1.30 bits per heavy atom. The van der Waals surface area contributed by atoms with Gasteiger partial charge in [-0.15, -0.1) is 0 Å². The van der Waals surface area contributed by atoms with Crippen LogP contribution in [0.3, 0.4) is 0 Å². The van der Waals surface area contributed by atoms with Gasteiger partial charge in [0.25, 0.3) is 0 Å². The summed E-state index contributed by atoms with van der Waals surface area (Å²) in [5.74, 6) is 0. The first kappa shape index (κ1) is 14.9. The maximum absolute atomic E-state index is 12.2. The average molecular weight is 274 g/mol. The number of carbonyl (C=O) groups excluding carboxylic acids is 1. The largest absolute Gasteiger partial charge is 0.338 e. The van der Waals surface area contributed by atoms with Crippen molar-refractivity contribution in [2.75, 3.05) is 13.1 Å². The lowest BCUT2D eigenvalue weighted by Crippen LogP contribution is -2.48. The summed E-state index contributed by atoms with van der Waals surface area (Å²) < 4.78 is 0. The molecule has 0 aromatic heterocycles. The number of hydrogen-bond donors (Lipinski definition) is 1. The molecule has 2 rings (SSSR count). The highest BCUT2D eigenvalue weighted by Crippen LogP contribution is 2.19. The minimum atomic E-state index is 0.129. The third kappa shape index (κ3) is 4.26. The van der Waals surface area contributed by atoms with Gasteiger partial charge in [-0.1, -0.05) is 37.3 Å². The zero-order chi connectivity index (χ0) is 14.2. The first-order chi connectivity index (χ1) is 9.81. The van der Waals surface area contributed by atoms with Crippen LogP contribution in [0, 0.1) is 0 Å². The number of carbonyl (C=O) groups is 1. The molecule has 3 nitrogen and oxygen atoms in total. The Kier molecular flexibility index (Phi) is 5.90. The van der Waals surface area contributed by atoms with Crippen LogP contribution in [0.25, 0.3) is 0 Å². The second-order valence-corrected chi connectivity index (χ2v) is 5.57. The molecular weight excluding hydrogens is 248 g/mol. The quantitative estimate of drug-likeness (QED) is 0.818. The molecule has 0 bridgehead atoms. The van der Waals surface area contributed by atoms with Gasteiger partial charge >= 0.3 is 6.03 Å². The molecule has 3 heteroatoms. The van der Waals surface area contributed by atoms with Crippen molar-refractivity contribution in [3.63, 3.8) is 0 Å². The summed E-state index contributed by atoms with van der Waals surface area (Å²) in [4.78, 5) is 14.2. The van der Waals surface area contributed by atoms with Gasteiger partial charge in [0.2, 0.25) is 0 Å². The Labute approximate surface area is 122 Å². The van der Waals surface area contributed by atoms with E-state index in [9.17, 15) is 4.79 Å². The van der Waals surface area contributed by atoms with Crippen molar-refractivity contribution in [3.05, 3.63) is 35.9 Å². The van der Waals surface area contributed by atoms with Crippen LogP contribution in [0.1, 0.15) is 44.6 Å². The molecule has 20 heavy (non-hydrogen) atoms. The number of benzene rings is 1. The molecule has 1 unspecified atom stereocenters. The maximum Gasteiger partial charge on any atom is 0.317 e. The molecule has 1 aliphatic rings. The monoisotopic (exact) mass is 274 g/mol. The van der Waals surface area contributed by atoms with Gasteiger partial charge in [0, 0.05) is 19.1 Å². The van der Waals surface area contributed by atoms with Crippen LogP contribution in [0.5, 0.6) is 0 Å². The fraction of sp³-hybridized carbons (Fsp3) is 0.588. The van der Waals surface area contributed by atoms with Crippen LogP contribution < -0.4 is 5.32 Å². The zero-order valence-corrected chi connectivity index (χ0v) is 12.5. The van der Waals surface area contributed by atoms with Gasteiger partial charge in [0.1, 0.15) is 0 Å². The highest BCUT2D eigenvalue weighted by Gasteiger charge is 2.24. The van der Waals surface area contributed by atoms with E-state index in [2.05, 4.69) is 36.5 Å². The van der Waals surface area contributed by atoms with Crippen molar-refractivity contribution in [2.45, 2.75) is 51.5 Å². The van der Waals surface area contributed by atoms with Crippen molar-refractivity contribution in [1.29, 1.82) is 0 Å². The Bertz CT molecular complexity index is 405. The molecule has 1 N–H and O–H groups in total.